The summed E-state index contributed by atoms with van der Waals surface area (Å²) in [6, 6.07) is 13.3. The van der Waals surface area contributed by atoms with Gasteiger partial charge in [0.15, 0.2) is 11.5 Å². The van der Waals surface area contributed by atoms with Crippen LogP contribution in [0.2, 0.25) is 0 Å². The number of hydrogen-bond donors (Lipinski definition) is 0. The van der Waals surface area contributed by atoms with E-state index in [4.69, 9.17) is 13.7 Å². The molecule has 0 atom stereocenters. The van der Waals surface area contributed by atoms with Gasteiger partial charge < -0.3 is 18.6 Å². The first-order chi connectivity index (χ1) is 13.7. The van der Waals surface area contributed by atoms with Crippen LogP contribution < -0.4 is 4.74 Å². The molecule has 1 amide bonds. The van der Waals surface area contributed by atoms with E-state index in [-0.39, 0.29) is 5.91 Å². The van der Waals surface area contributed by atoms with E-state index < -0.39 is 0 Å². The van der Waals surface area contributed by atoms with Crippen molar-refractivity contribution in [3.05, 3.63) is 60.0 Å². The number of benzene rings is 1. The van der Waals surface area contributed by atoms with Crippen molar-refractivity contribution < 1.29 is 18.5 Å². The number of ether oxygens (including phenoxy) is 1. The minimum Gasteiger partial charge on any atom is -0.497 e. The topological polar surface area (TPSA) is 72.0 Å². The number of rotatable bonds is 6. The van der Waals surface area contributed by atoms with Gasteiger partial charge in [0.2, 0.25) is 5.76 Å². The van der Waals surface area contributed by atoms with Crippen LogP contribution in [0.4, 0.5) is 0 Å². The largest absolute Gasteiger partial charge is 0.497 e. The molecule has 2 aromatic heterocycles. The zero-order chi connectivity index (χ0) is 19.3. The van der Waals surface area contributed by atoms with E-state index in [1.54, 1.807) is 31.6 Å². The van der Waals surface area contributed by atoms with Gasteiger partial charge in [0.1, 0.15) is 5.75 Å². The number of aromatic nitrogens is 1. The van der Waals surface area contributed by atoms with Crippen molar-refractivity contribution in [2.24, 2.45) is 0 Å². The minimum absolute atomic E-state index is 0.103. The second kappa shape index (κ2) is 8.31. The third-order valence-electron chi connectivity index (χ3n) is 5.00. The third-order valence-corrected chi connectivity index (χ3v) is 5.00. The van der Waals surface area contributed by atoms with Gasteiger partial charge in [-0.05, 0) is 36.2 Å². The van der Waals surface area contributed by atoms with E-state index in [0.29, 0.717) is 30.3 Å². The predicted octanol–water partition coefficient (Wildman–Crippen LogP) is 2.94. The van der Waals surface area contributed by atoms with E-state index in [9.17, 15) is 4.79 Å². The molecular formula is C21H23N3O4. The second-order valence-corrected chi connectivity index (χ2v) is 6.79. The molecule has 0 radical (unpaired) electrons. The lowest BCUT2D eigenvalue weighted by Crippen LogP contribution is -2.49. The minimum atomic E-state index is -0.103. The van der Waals surface area contributed by atoms with Crippen molar-refractivity contribution in [3.63, 3.8) is 0 Å². The monoisotopic (exact) mass is 381 g/mol. The molecule has 4 rings (SSSR count). The van der Waals surface area contributed by atoms with Crippen LogP contribution in [0.3, 0.4) is 0 Å². The number of amides is 1. The van der Waals surface area contributed by atoms with Crippen LogP contribution in [0.15, 0.2) is 57.7 Å². The van der Waals surface area contributed by atoms with Crippen molar-refractivity contribution in [2.75, 3.05) is 39.8 Å². The van der Waals surface area contributed by atoms with Crippen molar-refractivity contribution in [1.82, 2.24) is 15.0 Å². The molecule has 3 heterocycles. The van der Waals surface area contributed by atoms with Gasteiger partial charge in [-0.1, -0.05) is 17.3 Å². The number of carbonyl (C=O) groups is 1. The van der Waals surface area contributed by atoms with Crippen molar-refractivity contribution in [1.29, 1.82) is 0 Å². The second-order valence-electron chi connectivity index (χ2n) is 6.79. The molecule has 1 fully saturated rings. The van der Waals surface area contributed by atoms with Gasteiger partial charge in [0, 0.05) is 38.8 Å². The summed E-state index contributed by atoms with van der Waals surface area (Å²) in [5, 5.41) is 3.91. The summed E-state index contributed by atoms with van der Waals surface area (Å²) in [5.74, 6) is 1.81. The van der Waals surface area contributed by atoms with Crippen molar-refractivity contribution >= 4 is 5.91 Å². The molecule has 0 bridgehead atoms. The normalized spacial score (nSPS) is 15.0. The molecule has 1 aromatic carbocycles. The van der Waals surface area contributed by atoms with Crippen LogP contribution in [0.1, 0.15) is 16.1 Å². The first-order valence-electron chi connectivity index (χ1n) is 9.38. The molecule has 7 heteroatoms. The van der Waals surface area contributed by atoms with E-state index in [1.807, 2.05) is 17.0 Å². The standard InChI is InChI=1S/C21H23N3O4/c1-26-17-5-2-4-16(14-17)7-8-23-9-11-24(12-10-23)21(25)18-15-20(28-22-18)19-6-3-13-27-19/h2-6,13-15H,7-12H2,1H3. The molecular weight excluding hydrogens is 358 g/mol. The Morgan fingerprint density at radius 3 is 2.71 bits per heavy atom. The lowest BCUT2D eigenvalue weighted by molar-refractivity contribution is 0.0628. The van der Waals surface area contributed by atoms with Crippen LogP contribution in [0.5, 0.6) is 5.75 Å². The Morgan fingerprint density at radius 2 is 1.96 bits per heavy atom. The highest BCUT2D eigenvalue weighted by Gasteiger charge is 2.25. The first-order valence-corrected chi connectivity index (χ1v) is 9.38. The van der Waals surface area contributed by atoms with Gasteiger partial charge >= 0.3 is 0 Å². The van der Waals surface area contributed by atoms with Crippen LogP contribution >= 0.6 is 0 Å². The number of furan rings is 1. The van der Waals surface area contributed by atoms with Crippen molar-refractivity contribution in [3.8, 4) is 17.3 Å². The van der Waals surface area contributed by atoms with Gasteiger partial charge in [0.25, 0.3) is 5.91 Å². The Bertz CT molecular complexity index is 911. The molecule has 0 spiro atoms. The zero-order valence-corrected chi connectivity index (χ0v) is 15.8. The summed E-state index contributed by atoms with van der Waals surface area (Å²) in [5.41, 5.74) is 1.57. The Kier molecular flexibility index (Phi) is 5.43. The molecule has 1 aliphatic rings. The Morgan fingerprint density at radius 1 is 1.11 bits per heavy atom. The predicted molar refractivity (Wildman–Crippen MR) is 103 cm³/mol. The number of methoxy groups -OCH3 is 1. The van der Waals surface area contributed by atoms with E-state index >= 15 is 0 Å². The quantitative estimate of drug-likeness (QED) is 0.654. The maximum absolute atomic E-state index is 12.7. The average Bonchev–Trinajstić information content (AvgIpc) is 3.44. The van der Waals surface area contributed by atoms with E-state index in [0.717, 1.165) is 31.8 Å². The summed E-state index contributed by atoms with van der Waals surface area (Å²) in [4.78, 5) is 16.9. The summed E-state index contributed by atoms with van der Waals surface area (Å²) in [6.45, 7) is 4.01. The molecule has 7 nitrogen and oxygen atoms in total. The first kappa shape index (κ1) is 18.3. The number of hydrogen-bond acceptors (Lipinski definition) is 6. The van der Waals surface area contributed by atoms with Gasteiger partial charge in [-0.2, -0.15) is 0 Å². The fourth-order valence-corrected chi connectivity index (χ4v) is 3.36. The van der Waals surface area contributed by atoms with Gasteiger partial charge in [-0.3, -0.25) is 9.69 Å². The molecule has 1 saturated heterocycles. The molecule has 28 heavy (non-hydrogen) atoms. The van der Waals surface area contributed by atoms with Gasteiger partial charge in [-0.15, -0.1) is 0 Å². The molecule has 0 N–H and O–H groups in total. The van der Waals surface area contributed by atoms with Crippen LogP contribution in [-0.2, 0) is 6.42 Å². The highest BCUT2D eigenvalue weighted by Crippen LogP contribution is 2.21. The highest BCUT2D eigenvalue weighted by molar-refractivity contribution is 5.93. The molecule has 1 aliphatic heterocycles. The average molecular weight is 381 g/mol. The highest BCUT2D eigenvalue weighted by atomic mass is 16.5. The number of piperazine rings is 1. The smallest absolute Gasteiger partial charge is 0.276 e. The SMILES string of the molecule is COc1cccc(CCN2CCN(C(=O)c3cc(-c4ccco4)on3)CC2)c1. The lowest BCUT2D eigenvalue weighted by atomic mass is 10.1. The van der Waals surface area contributed by atoms with E-state index in [2.05, 4.69) is 22.2 Å². The molecule has 3 aromatic rings. The number of nitrogens with zero attached hydrogens (tertiary/aromatic N) is 3. The van der Waals surface area contributed by atoms with Crippen LogP contribution in [0.25, 0.3) is 11.5 Å². The fraction of sp³-hybridized carbons (Fsp3) is 0.333. The molecule has 0 aliphatic carbocycles. The molecule has 0 saturated carbocycles. The van der Waals surface area contributed by atoms with Crippen LogP contribution in [0, 0.1) is 0 Å². The number of carbonyl (C=O) groups excluding carboxylic acids is 1. The maximum atomic E-state index is 12.7. The van der Waals surface area contributed by atoms with Crippen molar-refractivity contribution in [2.45, 2.75) is 6.42 Å². The van der Waals surface area contributed by atoms with Gasteiger partial charge in [-0.25, -0.2) is 0 Å². The Labute approximate surface area is 163 Å². The Balaban J connectivity index is 1.28. The maximum Gasteiger partial charge on any atom is 0.276 e. The summed E-state index contributed by atoms with van der Waals surface area (Å²) < 4.78 is 15.8. The zero-order valence-electron chi connectivity index (χ0n) is 15.8. The fourth-order valence-electron chi connectivity index (χ4n) is 3.36. The Hall–Kier alpha value is -3.06. The summed E-state index contributed by atoms with van der Waals surface area (Å²) >= 11 is 0. The summed E-state index contributed by atoms with van der Waals surface area (Å²) in [7, 11) is 1.68. The molecule has 146 valence electrons. The molecule has 0 unspecified atom stereocenters. The lowest BCUT2D eigenvalue weighted by Gasteiger charge is -2.34. The van der Waals surface area contributed by atoms with E-state index in [1.165, 1.54) is 5.56 Å². The third kappa shape index (κ3) is 4.09. The van der Waals surface area contributed by atoms with Crippen LogP contribution in [-0.4, -0.2) is 60.7 Å². The summed E-state index contributed by atoms with van der Waals surface area (Å²) in [6.07, 6.45) is 2.52. The van der Waals surface area contributed by atoms with Gasteiger partial charge in [0.05, 0.1) is 13.4 Å².